The number of aryl methyl sites for hydroxylation is 1. The van der Waals surface area contributed by atoms with E-state index in [2.05, 4.69) is 5.32 Å². The number of rotatable bonds is 6. The number of nitrogens with zero attached hydrogens (tertiary/aromatic N) is 1. The van der Waals surface area contributed by atoms with Crippen molar-refractivity contribution in [3.8, 4) is 11.8 Å². The SMILES string of the molecule is COc1ccc(C)cc1NC(=O)COC(=O)/C=C/c1ccc(C#N)cc1. The van der Waals surface area contributed by atoms with Crippen LogP contribution >= 0.6 is 0 Å². The monoisotopic (exact) mass is 350 g/mol. The number of esters is 1. The molecule has 2 rings (SSSR count). The first-order valence-electron chi connectivity index (χ1n) is 7.81. The van der Waals surface area contributed by atoms with Crippen LogP contribution in [0.4, 0.5) is 5.69 Å². The number of hydrogen-bond donors (Lipinski definition) is 1. The number of anilines is 1. The van der Waals surface area contributed by atoms with Gasteiger partial charge >= 0.3 is 5.97 Å². The van der Waals surface area contributed by atoms with Gasteiger partial charge in [0.15, 0.2) is 6.61 Å². The van der Waals surface area contributed by atoms with Gasteiger partial charge in [-0.05, 0) is 48.4 Å². The summed E-state index contributed by atoms with van der Waals surface area (Å²) in [6.45, 7) is 1.48. The third-order valence-corrected chi connectivity index (χ3v) is 3.43. The molecule has 0 bridgehead atoms. The van der Waals surface area contributed by atoms with Gasteiger partial charge in [0.05, 0.1) is 24.4 Å². The number of methoxy groups -OCH3 is 1. The number of ether oxygens (including phenoxy) is 2. The fourth-order valence-electron chi connectivity index (χ4n) is 2.12. The zero-order valence-corrected chi connectivity index (χ0v) is 14.5. The molecule has 0 aliphatic heterocycles. The van der Waals surface area contributed by atoms with Gasteiger partial charge in [0, 0.05) is 6.08 Å². The molecule has 0 atom stereocenters. The van der Waals surface area contributed by atoms with E-state index >= 15 is 0 Å². The minimum atomic E-state index is -0.638. The molecule has 0 spiro atoms. The molecule has 0 fully saturated rings. The first-order valence-corrected chi connectivity index (χ1v) is 7.81. The van der Waals surface area contributed by atoms with Crippen LogP contribution in [0.25, 0.3) is 6.08 Å². The molecule has 1 amide bonds. The summed E-state index contributed by atoms with van der Waals surface area (Å²) < 4.78 is 10.1. The molecule has 0 aliphatic carbocycles. The molecule has 0 aliphatic rings. The largest absolute Gasteiger partial charge is 0.495 e. The van der Waals surface area contributed by atoms with Crippen molar-refractivity contribution in [3.05, 3.63) is 65.2 Å². The maximum absolute atomic E-state index is 11.9. The van der Waals surface area contributed by atoms with E-state index in [1.807, 2.05) is 19.1 Å². The van der Waals surface area contributed by atoms with Crippen molar-refractivity contribution >= 4 is 23.6 Å². The van der Waals surface area contributed by atoms with E-state index in [4.69, 9.17) is 14.7 Å². The molecule has 0 aromatic heterocycles. The van der Waals surface area contributed by atoms with Crippen LogP contribution in [0, 0.1) is 18.3 Å². The molecule has 1 N–H and O–H groups in total. The van der Waals surface area contributed by atoms with E-state index in [0.29, 0.717) is 17.0 Å². The molecule has 0 heterocycles. The van der Waals surface area contributed by atoms with Gasteiger partial charge in [0.2, 0.25) is 0 Å². The lowest BCUT2D eigenvalue weighted by atomic mass is 10.1. The van der Waals surface area contributed by atoms with Gasteiger partial charge in [-0.25, -0.2) is 4.79 Å². The van der Waals surface area contributed by atoms with E-state index in [1.54, 1.807) is 42.5 Å². The highest BCUT2D eigenvalue weighted by Crippen LogP contribution is 2.24. The van der Waals surface area contributed by atoms with Crippen LogP contribution in [0.15, 0.2) is 48.5 Å². The number of amides is 1. The van der Waals surface area contributed by atoms with Gasteiger partial charge in [0.1, 0.15) is 5.75 Å². The molecule has 132 valence electrons. The number of carbonyl (C=O) groups is 2. The highest BCUT2D eigenvalue weighted by molar-refractivity contribution is 5.95. The topological polar surface area (TPSA) is 88.4 Å². The molecular weight excluding hydrogens is 332 g/mol. The highest BCUT2D eigenvalue weighted by Gasteiger charge is 2.09. The fraction of sp³-hybridized carbons (Fsp3) is 0.150. The zero-order chi connectivity index (χ0) is 18.9. The zero-order valence-electron chi connectivity index (χ0n) is 14.5. The van der Waals surface area contributed by atoms with Crippen molar-refractivity contribution in [3.63, 3.8) is 0 Å². The lowest BCUT2D eigenvalue weighted by Gasteiger charge is -2.10. The molecule has 0 saturated heterocycles. The Kier molecular flexibility index (Phi) is 6.52. The Labute approximate surface area is 151 Å². The second kappa shape index (κ2) is 9.04. The van der Waals surface area contributed by atoms with Crippen molar-refractivity contribution in [2.45, 2.75) is 6.92 Å². The summed E-state index contributed by atoms with van der Waals surface area (Å²) in [7, 11) is 1.51. The summed E-state index contributed by atoms with van der Waals surface area (Å²) in [6, 6.07) is 14.1. The van der Waals surface area contributed by atoms with Gasteiger partial charge in [0.25, 0.3) is 5.91 Å². The normalized spacial score (nSPS) is 10.2. The van der Waals surface area contributed by atoms with Crippen LogP contribution in [-0.2, 0) is 14.3 Å². The van der Waals surface area contributed by atoms with Crippen molar-refractivity contribution in [1.82, 2.24) is 0 Å². The van der Waals surface area contributed by atoms with E-state index in [0.717, 1.165) is 11.1 Å². The van der Waals surface area contributed by atoms with Crippen molar-refractivity contribution in [1.29, 1.82) is 5.26 Å². The first-order chi connectivity index (χ1) is 12.5. The van der Waals surface area contributed by atoms with Crippen LogP contribution in [0.5, 0.6) is 5.75 Å². The average molecular weight is 350 g/mol. The van der Waals surface area contributed by atoms with E-state index in [-0.39, 0.29) is 0 Å². The highest BCUT2D eigenvalue weighted by atomic mass is 16.5. The Morgan fingerprint density at radius 2 is 1.92 bits per heavy atom. The lowest BCUT2D eigenvalue weighted by Crippen LogP contribution is -2.20. The standard InChI is InChI=1S/C20H18N2O4/c1-14-3-9-18(25-2)17(11-14)22-19(23)13-26-20(24)10-8-15-4-6-16(12-21)7-5-15/h3-11H,13H2,1-2H3,(H,22,23)/b10-8+. The predicted molar refractivity (Wildman–Crippen MR) is 97.5 cm³/mol. The van der Waals surface area contributed by atoms with Crippen LogP contribution in [0.2, 0.25) is 0 Å². The second-order valence-corrected chi connectivity index (χ2v) is 5.43. The van der Waals surface area contributed by atoms with Gasteiger partial charge in [-0.15, -0.1) is 0 Å². The van der Waals surface area contributed by atoms with Crippen LogP contribution in [0.1, 0.15) is 16.7 Å². The molecule has 0 radical (unpaired) electrons. The van der Waals surface area contributed by atoms with Crippen molar-refractivity contribution in [2.75, 3.05) is 19.0 Å². The van der Waals surface area contributed by atoms with E-state index in [9.17, 15) is 9.59 Å². The third-order valence-electron chi connectivity index (χ3n) is 3.43. The average Bonchev–Trinajstić information content (AvgIpc) is 2.65. The lowest BCUT2D eigenvalue weighted by molar-refractivity contribution is -0.142. The molecule has 2 aromatic carbocycles. The number of benzene rings is 2. The summed E-state index contributed by atoms with van der Waals surface area (Å²) in [5, 5.41) is 11.4. The van der Waals surface area contributed by atoms with Gasteiger partial charge in [-0.1, -0.05) is 18.2 Å². The van der Waals surface area contributed by atoms with Gasteiger partial charge in [-0.3, -0.25) is 4.79 Å². The minimum absolute atomic E-state index is 0.409. The molecule has 0 unspecified atom stereocenters. The maximum atomic E-state index is 11.9. The predicted octanol–water partition coefficient (Wildman–Crippen LogP) is 3.07. The Morgan fingerprint density at radius 1 is 1.19 bits per heavy atom. The Balaban J connectivity index is 1.86. The van der Waals surface area contributed by atoms with Crippen LogP contribution < -0.4 is 10.1 Å². The molecule has 6 nitrogen and oxygen atoms in total. The number of carbonyl (C=O) groups excluding carboxylic acids is 2. The molecule has 0 saturated carbocycles. The third kappa shape index (κ3) is 5.49. The number of hydrogen-bond acceptors (Lipinski definition) is 5. The Hall–Kier alpha value is -3.59. The maximum Gasteiger partial charge on any atom is 0.331 e. The van der Waals surface area contributed by atoms with Crippen LogP contribution in [-0.4, -0.2) is 25.6 Å². The summed E-state index contributed by atoms with van der Waals surface area (Å²) in [6.07, 6.45) is 2.77. The van der Waals surface area contributed by atoms with E-state index in [1.165, 1.54) is 13.2 Å². The first kappa shape index (κ1) is 18.7. The minimum Gasteiger partial charge on any atom is -0.495 e. The summed E-state index contributed by atoms with van der Waals surface area (Å²) in [5.74, 6) is -0.578. The summed E-state index contributed by atoms with van der Waals surface area (Å²) in [5.41, 5.74) is 2.76. The summed E-state index contributed by atoms with van der Waals surface area (Å²) in [4.78, 5) is 23.7. The van der Waals surface area contributed by atoms with Gasteiger partial charge < -0.3 is 14.8 Å². The molecule has 26 heavy (non-hydrogen) atoms. The second-order valence-electron chi connectivity index (χ2n) is 5.43. The van der Waals surface area contributed by atoms with E-state index < -0.39 is 18.5 Å². The van der Waals surface area contributed by atoms with Crippen molar-refractivity contribution < 1.29 is 19.1 Å². The van der Waals surface area contributed by atoms with Crippen LogP contribution in [0.3, 0.4) is 0 Å². The van der Waals surface area contributed by atoms with Gasteiger partial charge in [-0.2, -0.15) is 5.26 Å². The fourth-order valence-corrected chi connectivity index (χ4v) is 2.12. The number of nitrogens with one attached hydrogen (secondary N) is 1. The Bertz CT molecular complexity index is 864. The molecule has 6 heteroatoms. The summed E-state index contributed by atoms with van der Waals surface area (Å²) >= 11 is 0. The quantitative estimate of drug-likeness (QED) is 0.639. The molecular formula is C20H18N2O4. The Morgan fingerprint density at radius 3 is 2.58 bits per heavy atom. The number of nitriles is 1. The van der Waals surface area contributed by atoms with Crippen molar-refractivity contribution in [2.24, 2.45) is 0 Å². The molecule has 2 aromatic rings. The smallest absolute Gasteiger partial charge is 0.331 e.